The van der Waals surface area contributed by atoms with Crippen molar-refractivity contribution in [1.29, 1.82) is 0 Å². The molecule has 0 spiro atoms. The fraction of sp³-hybridized carbons (Fsp3) is 0.235. The Morgan fingerprint density at radius 2 is 2.04 bits per heavy atom. The zero-order valence-electron chi connectivity index (χ0n) is 14.9. The van der Waals surface area contributed by atoms with Crippen LogP contribution in [0.15, 0.2) is 18.3 Å². The second kappa shape index (κ2) is 7.36. The van der Waals surface area contributed by atoms with Gasteiger partial charge in [0.2, 0.25) is 5.88 Å². The van der Waals surface area contributed by atoms with E-state index in [-0.39, 0.29) is 39.9 Å². The number of aromatic nitrogens is 4. The molecule has 2 heterocycles. The summed E-state index contributed by atoms with van der Waals surface area (Å²) in [5.41, 5.74) is 6.64. The molecule has 9 nitrogen and oxygen atoms in total. The number of nitrogens with two attached hydrogens (primary N) is 1. The highest BCUT2D eigenvalue weighted by Gasteiger charge is 2.22. The van der Waals surface area contributed by atoms with E-state index in [0.717, 1.165) is 0 Å². The molecule has 27 heavy (non-hydrogen) atoms. The van der Waals surface area contributed by atoms with E-state index in [1.807, 2.05) is 0 Å². The second-order valence-corrected chi connectivity index (χ2v) is 5.42. The Balaban J connectivity index is 2.27. The summed E-state index contributed by atoms with van der Waals surface area (Å²) in [7, 11) is 2.80. The minimum Gasteiger partial charge on any atom is -0.480 e. The van der Waals surface area contributed by atoms with Crippen molar-refractivity contribution >= 4 is 22.5 Å². The molecule has 3 rings (SSSR count). The zero-order chi connectivity index (χ0) is 19.6. The average Bonchev–Trinajstić information content (AvgIpc) is 2.68. The highest BCUT2D eigenvalue weighted by molar-refractivity contribution is 6.07. The number of nitrogens with one attached hydrogen (secondary N) is 1. The lowest BCUT2D eigenvalue weighted by atomic mass is 10.0. The summed E-state index contributed by atoms with van der Waals surface area (Å²) in [6.07, 6.45) is 1.36. The highest BCUT2D eigenvalue weighted by Crippen LogP contribution is 2.37. The molecule has 0 radical (unpaired) electrons. The predicted octanol–water partition coefficient (Wildman–Crippen LogP) is 1.57. The predicted molar refractivity (Wildman–Crippen MR) is 96.0 cm³/mol. The summed E-state index contributed by atoms with van der Waals surface area (Å²) >= 11 is 0. The van der Waals surface area contributed by atoms with Gasteiger partial charge in [-0.25, -0.2) is 9.37 Å². The fourth-order valence-corrected chi connectivity index (χ4v) is 2.61. The van der Waals surface area contributed by atoms with Crippen LogP contribution in [-0.2, 0) is 0 Å². The molecule has 0 unspecified atom stereocenters. The molecule has 0 bridgehead atoms. The molecule has 0 saturated heterocycles. The van der Waals surface area contributed by atoms with Crippen LogP contribution in [0.4, 0.5) is 10.1 Å². The number of benzene rings is 1. The van der Waals surface area contributed by atoms with Crippen LogP contribution in [-0.4, -0.2) is 46.8 Å². The molecule has 0 fully saturated rings. The van der Waals surface area contributed by atoms with Gasteiger partial charge in [-0.15, -0.1) is 10.2 Å². The standard InChI is InChI=1S/C17H17FN6O3/c1-4-20-15(25)14-12(19)8-5-6-10(18)11(13(8)23-24-14)9-7-21-17(27-3)22-16(9)26-2/h5-7H,4H2,1-3H3,(H2,19,23)(H,20,25). The van der Waals surface area contributed by atoms with Crippen LogP contribution < -0.4 is 20.5 Å². The SMILES string of the molecule is CCNC(=O)c1nnc2c(-c3cnc(OC)nc3OC)c(F)ccc2c1N. The van der Waals surface area contributed by atoms with Gasteiger partial charge in [-0.05, 0) is 19.1 Å². The smallest absolute Gasteiger partial charge is 0.319 e. The maximum Gasteiger partial charge on any atom is 0.319 e. The van der Waals surface area contributed by atoms with Crippen LogP contribution in [0.25, 0.3) is 22.0 Å². The highest BCUT2D eigenvalue weighted by atomic mass is 19.1. The summed E-state index contributed by atoms with van der Waals surface area (Å²) in [6, 6.07) is 2.74. The first-order valence-corrected chi connectivity index (χ1v) is 7.99. The molecule has 2 aromatic heterocycles. The van der Waals surface area contributed by atoms with Gasteiger partial charge < -0.3 is 20.5 Å². The number of halogens is 1. The Labute approximate surface area is 153 Å². The number of methoxy groups -OCH3 is 2. The molecule has 0 atom stereocenters. The van der Waals surface area contributed by atoms with Crippen LogP contribution >= 0.6 is 0 Å². The largest absolute Gasteiger partial charge is 0.480 e. The number of hydrogen-bond acceptors (Lipinski definition) is 8. The second-order valence-electron chi connectivity index (χ2n) is 5.42. The van der Waals surface area contributed by atoms with Gasteiger partial charge in [-0.3, -0.25) is 4.79 Å². The number of fused-ring (bicyclic) bond motifs is 1. The lowest BCUT2D eigenvalue weighted by molar-refractivity contribution is 0.0951. The molecule has 0 aliphatic carbocycles. The van der Waals surface area contributed by atoms with Crippen molar-refractivity contribution in [3.63, 3.8) is 0 Å². The first kappa shape index (κ1) is 18.2. The van der Waals surface area contributed by atoms with E-state index in [2.05, 4.69) is 25.5 Å². The molecule has 0 saturated carbocycles. The van der Waals surface area contributed by atoms with Gasteiger partial charge in [0.15, 0.2) is 5.69 Å². The van der Waals surface area contributed by atoms with E-state index in [9.17, 15) is 9.18 Å². The van der Waals surface area contributed by atoms with Crippen LogP contribution in [0.1, 0.15) is 17.4 Å². The van der Waals surface area contributed by atoms with E-state index in [4.69, 9.17) is 15.2 Å². The Bertz CT molecular complexity index is 1030. The maximum atomic E-state index is 14.7. The number of carbonyl (C=O) groups excluding carboxylic acids is 1. The molecule has 3 N–H and O–H groups in total. The van der Waals surface area contributed by atoms with Crippen LogP contribution in [0, 0.1) is 5.82 Å². The summed E-state index contributed by atoms with van der Waals surface area (Å²) in [5, 5.41) is 10.9. The van der Waals surface area contributed by atoms with Crippen molar-refractivity contribution in [1.82, 2.24) is 25.5 Å². The van der Waals surface area contributed by atoms with E-state index >= 15 is 0 Å². The van der Waals surface area contributed by atoms with Crippen molar-refractivity contribution < 1.29 is 18.7 Å². The van der Waals surface area contributed by atoms with Gasteiger partial charge in [-0.2, -0.15) is 4.98 Å². The third kappa shape index (κ3) is 3.16. The minimum atomic E-state index is -0.589. The van der Waals surface area contributed by atoms with E-state index in [1.54, 1.807) is 6.92 Å². The maximum absolute atomic E-state index is 14.7. The number of carbonyl (C=O) groups is 1. The Morgan fingerprint density at radius 3 is 2.70 bits per heavy atom. The first-order chi connectivity index (χ1) is 13.0. The first-order valence-electron chi connectivity index (χ1n) is 7.99. The van der Waals surface area contributed by atoms with E-state index in [1.165, 1.54) is 32.5 Å². The van der Waals surface area contributed by atoms with Gasteiger partial charge in [0.1, 0.15) is 11.3 Å². The van der Waals surface area contributed by atoms with Crippen LogP contribution in [0.3, 0.4) is 0 Å². The number of amides is 1. The Morgan fingerprint density at radius 1 is 1.26 bits per heavy atom. The number of anilines is 1. The average molecular weight is 372 g/mol. The number of nitrogens with zero attached hydrogens (tertiary/aromatic N) is 4. The van der Waals surface area contributed by atoms with Gasteiger partial charge >= 0.3 is 6.01 Å². The van der Waals surface area contributed by atoms with Gasteiger partial charge in [-0.1, -0.05) is 0 Å². The van der Waals surface area contributed by atoms with E-state index in [0.29, 0.717) is 11.9 Å². The van der Waals surface area contributed by atoms with Crippen molar-refractivity contribution in [2.75, 3.05) is 26.5 Å². The molecular weight excluding hydrogens is 355 g/mol. The topological polar surface area (TPSA) is 125 Å². The summed E-state index contributed by atoms with van der Waals surface area (Å²) in [6.45, 7) is 2.18. The molecule has 140 valence electrons. The van der Waals surface area contributed by atoms with Crippen molar-refractivity contribution in [3.05, 3.63) is 29.8 Å². The number of ether oxygens (including phenoxy) is 2. The molecule has 3 aromatic rings. The zero-order valence-corrected chi connectivity index (χ0v) is 14.9. The van der Waals surface area contributed by atoms with Crippen molar-refractivity contribution in [2.24, 2.45) is 0 Å². The monoisotopic (exact) mass is 372 g/mol. The van der Waals surface area contributed by atoms with E-state index < -0.39 is 11.7 Å². The number of hydrogen-bond donors (Lipinski definition) is 2. The van der Waals surface area contributed by atoms with Gasteiger partial charge in [0, 0.05) is 18.1 Å². The normalized spacial score (nSPS) is 10.7. The molecule has 0 aliphatic heterocycles. The van der Waals surface area contributed by atoms with Gasteiger partial charge in [0.05, 0.1) is 31.0 Å². The fourth-order valence-electron chi connectivity index (χ4n) is 2.61. The van der Waals surface area contributed by atoms with Crippen molar-refractivity contribution in [3.8, 4) is 23.0 Å². The summed E-state index contributed by atoms with van der Waals surface area (Å²) in [4.78, 5) is 20.1. The Kier molecular flexibility index (Phi) is 4.97. The molecule has 1 amide bonds. The summed E-state index contributed by atoms with van der Waals surface area (Å²) in [5.74, 6) is -0.948. The number of nitrogen functional groups attached to an aromatic ring is 1. The lowest BCUT2D eigenvalue weighted by Crippen LogP contribution is -2.25. The van der Waals surface area contributed by atoms with Gasteiger partial charge in [0.25, 0.3) is 5.91 Å². The third-order valence-corrected chi connectivity index (χ3v) is 3.85. The molecular formula is C17H17FN6O3. The molecule has 1 aromatic carbocycles. The molecule has 0 aliphatic rings. The third-order valence-electron chi connectivity index (χ3n) is 3.85. The van der Waals surface area contributed by atoms with Crippen LogP contribution in [0.5, 0.6) is 11.9 Å². The summed E-state index contributed by atoms with van der Waals surface area (Å²) < 4.78 is 24.9. The molecule has 10 heteroatoms. The lowest BCUT2D eigenvalue weighted by Gasteiger charge is -2.13. The Hall–Kier alpha value is -3.56. The van der Waals surface area contributed by atoms with Crippen molar-refractivity contribution in [2.45, 2.75) is 6.92 Å². The van der Waals surface area contributed by atoms with Crippen LogP contribution in [0.2, 0.25) is 0 Å². The number of rotatable bonds is 5. The quantitative estimate of drug-likeness (QED) is 0.691. The minimum absolute atomic E-state index is 0.0279.